The molecule has 1 aliphatic heterocycles. The molecule has 1 saturated carbocycles. The van der Waals surface area contributed by atoms with Gasteiger partial charge in [-0.2, -0.15) is 0 Å². The summed E-state index contributed by atoms with van der Waals surface area (Å²) in [4.78, 5) is 43.2. The van der Waals surface area contributed by atoms with Crippen LogP contribution >= 0.6 is 23.2 Å². The van der Waals surface area contributed by atoms with Crippen molar-refractivity contribution in [3.63, 3.8) is 0 Å². The zero-order valence-electron chi connectivity index (χ0n) is 18.6. The van der Waals surface area contributed by atoms with Crippen molar-refractivity contribution >= 4 is 41.0 Å². The summed E-state index contributed by atoms with van der Waals surface area (Å²) in [5.41, 5.74) is 9.73. The number of nitrogens with one attached hydrogen (secondary N) is 1. The van der Waals surface area contributed by atoms with Crippen molar-refractivity contribution < 1.29 is 19.5 Å². The number of azide groups is 1. The number of carboxylic acid groups (broad SMARTS) is 1. The molecule has 2 aromatic carbocycles. The lowest BCUT2D eigenvalue weighted by molar-refractivity contribution is -0.141. The number of carboxylic acids is 1. The number of aliphatic carboxylic acids is 1. The second-order valence-electron chi connectivity index (χ2n) is 8.64. The number of hydrogen-bond acceptors (Lipinski definition) is 4. The van der Waals surface area contributed by atoms with E-state index in [1.54, 1.807) is 41.3 Å². The van der Waals surface area contributed by atoms with Crippen molar-refractivity contribution in [1.29, 1.82) is 0 Å². The van der Waals surface area contributed by atoms with E-state index in [9.17, 15) is 19.5 Å². The molecule has 2 aromatic rings. The van der Waals surface area contributed by atoms with Gasteiger partial charge in [-0.1, -0.05) is 65.4 Å². The highest BCUT2D eigenvalue weighted by molar-refractivity contribution is 6.35. The van der Waals surface area contributed by atoms with Crippen molar-refractivity contribution in [3.8, 4) is 0 Å². The molecule has 0 unspecified atom stereocenters. The third-order valence-corrected chi connectivity index (χ3v) is 7.20. The lowest BCUT2D eigenvalue weighted by atomic mass is 9.77. The molecule has 1 aliphatic carbocycles. The van der Waals surface area contributed by atoms with Gasteiger partial charge in [0, 0.05) is 26.6 Å². The van der Waals surface area contributed by atoms with Crippen LogP contribution in [0.1, 0.15) is 59.1 Å². The molecule has 4 rings (SSSR count). The number of fused-ring (bicyclic) bond motifs is 1. The van der Waals surface area contributed by atoms with Crippen LogP contribution in [0, 0.1) is 0 Å². The lowest BCUT2D eigenvalue weighted by Gasteiger charge is -2.48. The fraction of sp³-hybridized carbons (Fsp3) is 0.375. The fourth-order valence-electron chi connectivity index (χ4n) is 5.22. The Kier molecular flexibility index (Phi) is 7.50. The molecule has 2 N–H and O–H groups in total. The SMILES string of the molecule is [N-]=[N+]=NCC(=O)N[C@H]1CCCC[C@@H]1N1C(=O)c2ccccc2[C@@H](C(=O)O)[C@@H]1c1ccc(Cl)cc1Cl. The van der Waals surface area contributed by atoms with E-state index in [1.807, 2.05) is 0 Å². The normalized spacial score (nSPS) is 23.7. The van der Waals surface area contributed by atoms with E-state index in [4.69, 9.17) is 28.7 Å². The predicted molar refractivity (Wildman–Crippen MR) is 130 cm³/mol. The minimum absolute atomic E-state index is 0.255. The van der Waals surface area contributed by atoms with E-state index in [-0.39, 0.29) is 17.5 Å². The molecular formula is C24H23Cl2N5O4. The predicted octanol–water partition coefficient (Wildman–Crippen LogP) is 5.10. The van der Waals surface area contributed by atoms with Gasteiger partial charge in [0.1, 0.15) is 12.5 Å². The van der Waals surface area contributed by atoms with E-state index >= 15 is 0 Å². The van der Waals surface area contributed by atoms with Crippen molar-refractivity contribution in [2.45, 2.75) is 49.7 Å². The van der Waals surface area contributed by atoms with Gasteiger partial charge in [0.15, 0.2) is 0 Å². The third kappa shape index (κ3) is 4.93. The van der Waals surface area contributed by atoms with Gasteiger partial charge in [-0.15, -0.1) is 0 Å². The summed E-state index contributed by atoms with van der Waals surface area (Å²) in [5.74, 6) is -2.95. The topological polar surface area (TPSA) is 135 Å². The highest BCUT2D eigenvalue weighted by Gasteiger charge is 2.49. The number of halogens is 2. The molecule has 35 heavy (non-hydrogen) atoms. The standard InChI is InChI=1S/C24H23Cl2N5O4/c25-13-9-10-16(17(26)11-13)22-21(24(34)35)14-5-1-2-6-15(14)23(33)31(22)19-8-4-3-7-18(19)29-20(32)12-28-30-27/h1-2,5-6,9-11,18-19,21-22H,3-4,7-8,12H2,(H,29,32)(H,34,35)/t18-,19-,21+,22-/m0/s1. The summed E-state index contributed by atoms with van der Waals surface area (Å²) >= 11 is 12.7. The van der Waals surface area contributed by atoms with E-state index in [0.717, 1.165) is 12.8 Å². The third-order valence-electron chi connectivity index (χ3n) is 6.63. The molecule has 11 heteroatoms. The molecule has 2 aliphatic rings. The van der Waals surface area contributed by atoms with Crippen LogP contribution in [0.25, 0.3) is 10.4 Å². The summed E-state index contributed by atoms with van der Waals surface area (Å²) in [7, 11) is 0. The van der Waals surface area contributed by atoms with E-state index in [1.165, 1.54) is 6.07 Å². The van der Waals surface area contributed by atoms with Crippen LogP contribution in [0.15, 0.2) is 47.6 Å². The highest BCUT2D eigenvalue weighted by Crippen LogP contribution is 2.47. The molecule has 1 fully saturated rings. The number of carbonyl (C=O) groups is 3. The quantitative estimate of drug-likeness (QED) is 0.314. The first-order valence-electron chi connectivity index (χ1n) is 11.2. The maximum absolute atomic E-state index is 13.9. The molecule has 0 spiro atoms. The van der Waals surface area contributed by atoms with Gasteiger partial charge in [0.2, 0.25) is 5.91 Å². The zero-order valence-corrected chi connectivity index (χ0v) is 20.1. The minimum Gasteiger partial charge on any atom is -0.481 e. The second kappa shape index (κ2) is 10.6. The maximum atomic E-state index is 13.9. The smallest absolute Gasteiger partial charge is 0.313 e. The molecule has 0 bridgehead atoms. The Morgan fingerprint density at radius 2 is 1.89 bits per heavy atom. The molecule has 4 atom stereocenters. The first kappa shape index (κ1) is 24.9. The molecule has 0 saturated heterocycles. The number of amides is 2. The average molecular weight is 516 g/mol. The molecule has 0 radical (unpaired) electrons. The van der Waals surface area contributed by atoms with Gasteiger partial charge in [-0.25, -0.2) is 0 Å². The Morgan fingerprint density at radius 1 is 1.14 bits per heavy atom. The van der Waals surface area contributed by atoms with Crippen molar-refractivity contribution in [1.82, 2.24) is 10.2 Å². The largest absolute Gasteiger partial charge is 0.481 e. The zero-order chi connectivity index (χ0) is 25.1. The van der Waals surface area contributed by atoms with Gasteiger partial charge < -0.3 is 15.3 Å². The summed E-state index contributed by atoms with van der Waals surface area (Å²) in [6.45, 7) is -0.360. The van der Waals surface area contributed by atoms with Gasteiger partial charge in [-0.3, -0.25) is 14.4 Å². The van der Waals surface area contributed by atoms with Crippen molar-refractivity contribution in [2.24, 2.45) is 5.11 Å². The Morgan fingerprint density at radius 3 is 2.60 bits per heavy atom. The number of carbonyl (C=O) groups excluding carboxylic acids is 2. The molecule has 9 nitrogen and oxygen atoms in total. The average Bonchev–Trinajstić information content (AvgIpc) is 2.83. The summed E-state index contributed by atoms with van der Waals surface area (Å²) < 4.78 is 0. The van der Waals surface area contributed by atoms with Gasteiger partial charge in [-0.05, 0) is 47.7 Å². The second-order valence-corrected chi connectivity index (χ2v) is 9.48. The number of nitrogens with zero attached hydrogens (tertiary/aromatic N) is 4. The van der Waals surface area contributed by atoms with Gasteiger partial charge in [0.25, 0.3) is 5.91 Å². The van der Waals surface area contributed by atoms with Crippen LogP contribution in [0.5, 0.6) is 0 Å². The first-order valence-corrected chi connectivity index (χ1v) is 12.0. The Balaban J connectivity index is 1.85. The van der Waals surface area contributed by atoms with Crippen molar-refractivity contribution in [2.75, 3.05) is 6.54 Å². The number of benzene rings is 2. The fourth-order valence-corrected chi connectivity index (χ4v) is 5.74. The van der Waals surface area contributed by atoms with Crippen LogP contribution in [0.2, 0.25) is 10.0 Å². The van der Waals surface area contributed by atoms with Crippen LogP contribution in [-0.4, -0.2) is 46.4 Å². The molecule has 1 heterocycles. The van der Waals surface area contributed by atoms with Gasteiger partial charge in [0.05, 0.1) is 12.1 Å². The summed E-state index contributed by atoms with van der Waals surface area (Å²) in [6.07, 6.45) is 2.79. The van der Waals surface area contributed by atoms with E-state index in [2.05, 4.69) is 15.3 Å². The minimum atomic E-state index is -1.09. The molecule has 182 valence electrons. The van der Waals surface area contributed by atoms with Crippen LogP contribution in [0.4, 0.5) is 0 Å². The monoisotopic (exact) mass is 515 g/mol. The summed E-state index contributed by atoms with van der Waals surface area (Å²) in [6, 6.07) is 9.63. The van der Waals surface area contributed by atoms with Crippen LogP contribution in [0.3, 0.4) is 0 Å². The Labute approximate surface area is 211 Å². The van der Waals surface area contributed by atoms with Crippen LogP contribution < -0.4 is 5.32 Å². The first-order chi connectivity index (χ1) is 16.8. The summed E-state index contributed by atoms with van der Waals surface area (Å²) in [5, 5.41) is 17.2. The Hall–Kier alpha value is -3.26. The van der Waals surface area contributed by atoms with Gasteiger partial charge >= 0.3 is 5.97 Å². The Bertz CT molecular complexity index is 1220. The van der Waals surface area contributed by atoms with Crippen LogP contribution in [-0.2, 0) is 9.59 Å². The lowest BCUT2D eigenvalue weighted by Crippen LogP contribution is -2.59. The number of hydrogen-bond donors (Lipinski definition) is 2. The number of rotatable bonds is 6. The molecule has 0 aromatic heterocycles. The van der Waals surface area contributed by atoms with E-state index in [0.29, 0.717) is 34.6 Å². The maximum Gasteiger partial charge on any atom is 0.313 e. The highest BCUT2D eigenvalue weighted by atomic mass is 35.5. The van der Waals surface area contributed by atoms with Crippen molar-refractivity contribution in [3.05, 3.63) is 79.6 Å². The van der Waals surface area contributed by atoms with E-state index < -0.39 is 35.9 Å². The molecular weight excluding hydrogens is 493 g/mol. The molecule has 2 amide bonds.